The monoisotopic (exact) mass is 180 g/mol. The Hall–Kier alpha value is 0.640. The molecule has 0 aromatic heterocycles. The van der Waals surface area contributed by atoms with Crippen LogP contribution in [0.25, 0.3) is 0 Å². The van der Waals surface area contributed by atoms with E-state index in [1.165, 1.54) is 25.0 Å². The van der Waals surface area contributed by atoms with Crippen molar-refractivity contribution < 1.29 is 0 Å². The largest absolute Gasteiger partial charge is 0.142 e. The van der Waals surface area contributed by atoms with E-state index in [4.69, 9.17) is 11.6 Å². The third-order valence-corrected chi connectivity index (χ3v) is 3.03. The average Bonchev–Trinajstić information content (AvgIpc) is 1.89. The zero-order valence-electron chi connectivity index (χ0n) is 6.90. The van der Waals surface area contributed by atoms with E-state index in [1.54, 1.807) is 0 Å². The van der Waals surface area contributed by atoms with Gasteiger partial charge in [-0.2, -0.15) is 0 Å². The molecule has 0 N–H and O–H groups in total. The first-order valence-corrected chi connectivity index (χ1v) is 5.55. The molecule has 0 aliphatic carbocycles. The number of alkyl halides is 1. The van der Waals surface area contributed by atoms with Gasteiger partial charge in [0.15, 0.2) is 0 Å². The molecule has 0 heterocycles. The van der Waals surface area contributed by atoms with Gasteiger partial charge in [0.2, 0.25) is 0 Å². The Morgan fingerprint density at radius 1 is 1.30 bits per heavy atom. The van der Waals surface area contributed by atoms with Crippen molar-refractivity contribution in [1.82, 2.24) is 0 Å². The lowest BCUT2D eigenvalue weighted by Crippen LogP contribution is -1.92. The Morgan fingerprint density at radius 3 is 2.50 bits per heavy atom. The maximum Gasteiger partial charge on any atom is 0.0788 e. The lowest BCUT2D eigenvalue weighted by Gasteiger charge is -2.05. The van der Waals surface area contributed by atoms with Crippen LogP contribution in [-0.2, 0) is 0 Å². The fourth-order valence-electron chi connectivity index (χ4n) is 0.666. The highest BCUT2D eigenvalue weighted by molar-refractivity contribution is 8.01. The molecule has 0 aromatic rings. The SMILES string of the molecule is CCCCSC(Cl)CCC. The Bertz CT molecular complexity index is 66.3. The molecular formula is C8H17ClS. The molecule has 0 rings (SSSR count). The van der Waals surface area contributed by atoms with E-state index in [0.29, 0.717) is 4.71 Å². The molecule has 0 aromatic carbocycles. The summed E-state index contributed by atoms with van der Waals surface area (Å²) in [6, 6.07) is 0. The molecule has 0 aliphatic rings. The Labute approximate surface area is 73.7 Å². The number of hydrogen-bond donors (Lipinski definition) is 0. The molecule has 0 saturated carbocycles. The van der Waals surface area contributed by atoms with Crippen molar-refractivity contribution in [3.8, 4) is 0 Å². The van der Waals surface area contributed by atoms with E-state index < -0.39 is 0 Å². The van der Waals surface area contributed by atoms with Crippen molar-refractivity contribution in [2.75, 3.05) is 5.75 Å². The van der Waals surface area contributed by atoms with Crippen LogP contribution in [0.4, 0.5) is 0 Å². The first-order valence-electron chi connectivity index (χ1n) is 4.07. The molecule has 1 atom stereocenters. The van der Waals surface area contributed by atoms with Gasteiger partial charge in [-0.15, -0.1) is 23.4 Å². The van der Waals surface area contributed by atoms with Gasteiger partial charge in [0.25, 0.3) is 0 Å². The van der Waals surface area contributed by atoms with Crippen LogP contribution in [0.15, 0.2) is 0 Å². The van der Waals surface area contributed by atoms with Gasteiger partial charge in [0.05, 0.1) is 4.71 Å². The third kappa shape index (κ3) is 6.76. The van der Waals surface area contributed by atoms with E-state index in [2.05, 4.69) is 13.8 Å². The summed E-state index contributed by atoms with van der Waals surface area (Å²) in [4.78, 5) is 0. The summed E-state index contributed by atoms with van der Waals surface area (Å²) in [5.74, 6) is 1.23. The molecule has 0 fully saturated rings. The first kappa shape index (κ1) is 10.6. The fourth-order valence-corrected chi connectivity index (χ4v) is 2.26. The second-order valence-electron chi connectivity index (χ2n) is 2.42. The van der Waals surface area contributed by atoms with Crippen molar-refractivity contribution >= 4 is 23.4 Å². The summed E-state index contributed by atoms with van der Waals surface area (Å²) < 4.78 is 0.358. The maximum atomic E-state index is 5.98. The zero-order chi connectivity index (χ0) is 7.82. The zero-order valence-corrected chi connectivity index (χ0v) is 8.47. The van der Waals surface area contributed by atoms with Gasteiger partial charge in [-0.3, -0.25) is 0 Å². The number of hydrogen-bond acceptors (Lipinski definition) is 1. The second-order valence-corrected chi connectivity index (χ2v) is 4.52. The summed E-state index contributed by atoms with van der Waals surface area (Å²) in [6.07, 6.45) is 4.93. The normalized spacial score (nSPS) is 13.5. The lowest BCUT2D eigenvalue weighted by atomic mass is 10.4. The highest BCUT2D eigenvalue weighted by Gasteiger charge is 2.01. The van der Waals surface area contributed by atoms with Crippen LogP contribution in [0.3, 0.4) is 0 Å². The predicted molar refractivity (Wildman–Crippen MR) is 51.9 cm³/mol. The van der Waals surface area contributed by atoms with E-state index in [9.17, 15) is 0 Å². The van der Waals surface area contributed by atoms with E-state index in [1.807, 2.05) is 11.8 Å². The standard InChI is InChI=1S/C8H17ClS/c1-3-5-7-10-8(9)6-4-2/h8H,3-7H2,1-2H3. The number of rotatable bonds is 6. The van der Waals surface area contributed by atoms with Gasteiger partial charge in [-0.1, -0.05) is 26.7 Å². The summed E-state index contributed by atoms with van der Waals surface area (Å²) >= 11 is 7.87. The van der Waals surface area contributed by atoms with Crippen LogP contribution in [0.2, 0.25) is 0 Å². The molecule has 0 radical (unpaired) electrons. The second kappa shape index (κ2) is 7.74. The number of halogens is 1. The van der Waals surface area contributed by atoms with Crippen molar-refractivity contribution in [2.24, 2.45) is 0 Å². The highest BCUT2D eigenvalue weighted by atomic mass is 35.5. The predicted octanol–water partition coefficient (Wildman–Crippen LogP) is 3.88. The van der Waals surface area contributed by atoms with Crippen LogP contribution in [0, 0.1) is 0 Å². The van der Waals surface area contributed by atoms with Gasteiger partial charge in [0, 0.05) is 0 Å². The molecule has 0 aliphatic heterocycles. The Kier molecular flexibility index (Phi) is 8.24. The quantitative estimate of drug-likeness (QED) is 0.442. The molecule has 0 spiro atoms. The van der Waals surface area contributed by atoms with Crippen LogP contribution < -0.4 is 0 Å². The van der Waals surface area contributed by atoms with Crippen LogP contribution in [0.5, 0.6) is 0 Å². The summed E-state index contributed by atoms with van der Waals surface area (Å²) in [6.45, 7) is 4.39. The minimum atomic E-state index is 0.358. The molecule has 0 bridgehead atoms. The smallest absolute Gasteiger partial charge is 0.0788 e. The molecule has 1 unspecified atom stereocenters. The molecular weight excluding hydrogens is 164 g/mol. The molecule has 0 nitrogen and oxygen atoms in total. The maximum absolute atomic E-state index is 5.98. The van der Waals surface area contributed by atoms with Crippen molar-refractivity contribution in [1.29, 1.82) is 0 Å². The fraction of sp³-hybridized carbons (Fsp3) is 1.00. The summed E-state index contributed by atoms with van der Waals surface area (Å²) in [5, 5.41) is 0. The Balaban J connectivity index is 2.97. The average molecular weight is 181 g/mol. The Morgan fingerprint density at radius 2 is 2.00 bits per heavy atom. The van der Waals surface area contributed by atoms with Crippen molar-refractivity contribution in [3.05, 3.63) is 0 Å². The molecule has 2 heteroatoms. The molecule has 62 valence electrons. The van der Waals surface area contributed by atoms with Gasteiger partial charge < -0.3 is 0 Å². The van der Waals surface area contributed by atoms with Gasteiger partial charge in [-0.05, 0) is 18.6 Å². The lowest BCUT2D eigenvalue weighted by molar-refractivity contribution is 0.856. The van der Waals surface area contributed by atoms with Crippen LogP contribution in [-0.4, -0.2) is 10.5 Å². The molecule has 0 amide bonds. The molecule has 10 heavy (non-hydrogen) atoms. The van der Waals surface area contributed by atoms with Gasteiger partial charge in [0.1, 0.15) is 0 Å². The van der Waals surface area contributed by atoms with Crippen LogP contribution >= 0.6 is 23.4 Å². The molecule has 0 saturated heterocycles. The van der Waals surface area contributed by atoms with E-state index in [-0.39, 0.29) is 0 Å². The van der Waals surface area contributed by atoms with E-state index >= 15 is 0 Å². The topological polar surface area (TPSA) is 0 Å². The first-order chi connectivity index (χ1) is 4.81. The minimum Gasteiger partial charge on any atom is -0.142 e. The van der Waals surface area contributed by atoms with Gasteiger partial charge in [-0.25, -0.2) is 0 Å². The van der Waals surface area contributed by atoms with E-state index in [0.717, 1.165) is 6.42 Å². The minimum absolute atomic E-state index is 0.358. The van der Waals surface area contributed by atoms with Crippen molar-refractivity contribution in [2.45, 2.75) is 44.2 Å². The summed E-state index contributed by atoms with van der Waals surface area (Å²) in [5.41, 5.74) is 0. The van der Waals surface area contributed by atoms with Gasteiger partial charge >= 0.3 is 0 Å². The number of unbranched alkanes of at least 4 members (excludes halogenated alkanes) is 1. The third-order valence-electron chi connectivity index (χ3n) is 1.31. The number of thioether (sulfide) groups is 1. The highest BCUT2D eigenvalue weighted by Crippen LogP contribution is 2.20. The van der Waals surface area contributed by atoms with Crippen LogP contribution in [0.1, 0.15) is 39.5 Å². The summed E-state index contributed by atoms with van der Waals surface area (Å²) in [7, 11) is 0. The van der Waals surface area contributed by atoms with Crippen molar-refractivity contribution in [3.63, 3.8) is 0 Å².